The van der Waals surface area contributed by atoms with Gasteiger partial charge < -0.3 is 10.6 Å². The van der Waals surface area contributed by atoms with Gasteiger partial charge in [0.2, 0.25) is 5.91 Å². The van der Waals surface area contributed by atoms with Crippen molar-refractivity contribution in [2.75, 3.05) is 17.2 Å². The lowest BCUT2D eigenvalue weighted by Crippen LogP contribution is -2.22. The number of aryl methyl sites for hydroxylation is 1. The fourth-order valence-electron chi connectivity index (χ4n) is 1.89. The van der Waals surface area contributed by atoms with Crippen LogP contribution in [-0.4, -0.2) is 12.5 Å². The summed E-state index contributed by atoms with van der Waals surface area (Å²) >= 11 is 0. The first-order valence-corrected chi connectivity index (χ1v) is 6.52. The van der Waals surface area contributed by atoms with Crippen molar-refractivity contribution in [2.24, 2.45) is 0 Å². The number of hydrogen-bond donors (Lipinski definition) is 2. The van der Waals surface area contributed by atoms with Crippen LogP contribution in [-0.2, 0) is 4.79 Å². The Morgan fingerprint density at radius 3 is 2.62 bits per heavy atom. The first kappa shape index (κ1) is 15.0. The van der Waals surface area contributed by atoms with Crippen molar-refractivity contribution in [1.29, 1.82) is 0 Å². The van der Waals surface area contributed by atoms with Gasteiger partial charge in [0.1, 0.15) is 11.6 Å². The number of halogens is 2. The van der Waals surface area contributed by atoms with Crippen molar-refractivity contribution in [3.05, 3.63) is 59.2 Å². The van der Waals surface area contributed by atoms with Crippen LogP contribution in [0.4, 0.5) is 20.2 Å². The highest BCUT2D eigenvalue weighted by atomic mass is 19.1. The van der Waals surface area contributed by atoms with E-state index in [2.05, 4.69) is 10.6 Å². The fraction of sp³-hybridized carbons (Fsp3) is 0.188. The average molecular weight is 290 g/mol. The Kier molecular flexibility index (Phi) is 4.52. The van der Waals surface area contributed by atoms with Gasteiger partial charge in [0.05, 0.1) is 12.2 Å². The van der Waals surface area contributed by atoms with E-state index in [1.807, 2.05) is 26.0 Å². The normalized spacial score (nSPS) is 10.3. The molecule has 0 atom stereocenters. The minimum atomic E-state index is -0.601. The summed E-state index contributed by atoms with van der Waals surface area (Å²) in [6.45, 7) is 3.71. The number of carbonyl (C=O) groups is 1. The van der Waals surface area contributed by atoms with Crippen molar-refractivity contribution in [3.8, 4) is 0 Å². The Balaban J connectivity index is 1.99. The molecule has 0 unspecified atom stereocenters. The van der Waals surface area contributed by atoms with Gasteiger partial charge in [-0.25, -0.2) is 8.78 Å². The minimum Gasteiger partial charge on any atom is -0.374 e. The molecule has 0 aliphatic carbocycles. The maximum absolute atomic E-state index is 13.4. The third kappa shape index (κ3) is 3.78. The summed E-state index contributed by atoms with van der Waals surface area (Å²) in [5, 5.41) is 5.32. The second kappa shape index (κ2) is 6.35. The molecule has 0 fully saturated rings. The van der Waals surface area contributed by atoms with Crippen LogP contribution in [0.3, 0.4) is 0 Å². The zero-order valence-electron chi connectivity index (χ0n) is 11.8. The van der Waals surface area contributed by atoms with Crippen LogP contribution in [0.5, 0.6) is 0 Å². The second-order valence-corrected chi connectivity index (χ2v) is 4.77. The van der Waals surface area contributed by atoms with Crippen molar-refractivity contribution >= 4 is 17.3 Å². The topological polar surface area (TPSA) is 41.1 Å². The van der Waals surface area contributed by atoms with Crippen molar-refractivity contribution in [3.63, 3.8) is 0 Å². The Labute approximate surface area is 122 Å². The fourth-order valence-corrected chi connectivity index (χ4v) is 1.89. The van der Waals surface area contributed by atoms with Crippen LogP contribution in [0.15, 0.2) is 36.4 Å². The van der Waals surface area contributed by atoms with Crippen molar-refractivity contribution in [1.82, 2.24) is 0 Å². The number of nitrogens with one attached hydrogen (secondary N) is 2. The lowest BCUT2D eigenvalue weighted by atomic mass is 10.1. The highest BCUT2D eigenvalue weighted by molar-refractivity contribution is 5.94. The molecule has 3 nitrogen and oxygen atoms in total. The third-order valence-corrected chi connectivity index (χ3v) is 3.25. The number of carbonyl (C=O) groups excluding carboxylic acids is 1. The van der Waals surface area contributed by atoms with E-state index in [0.29, 0.717) is 5.69 Å². The predicted molar refractivity (Wildman–Crippen MR) is 79.4 cm³/mol. The predicted octanol–water partition coefficient (Wildman–Crippen LogP) is 3.63. The van der Waals surface area contributed by atoms with Gasteiger partial charge >= 0.3 is 0 Å². The molecule has 5 heteroatoms. The summed E-state index contributed by atoms with van der Waals surface area (Å²) < 4.78 is 26.4. The maximum Gasteiger partial charge on any atom is 0.243 e. The van der Waals surface area contributed by atoms with Gasteiger partial charge in [-0.3, -0.25) is 4.79 Å². The van der Waals surface area contributed by atoms with Gasteiger partial charge in [-0.2, -0.15) is 0 Å². The first-order chi connectivity index (χ1) is 9.97. The second-order valence-electron chi connectivity index (χ2n) is 4.77. The number of rotatable bonds is 4. The lowest BCUT2D eigenvalue weighted by Gasteiger charge is -2.11. The number of benzene rings is 2. The highest BCUT2D eigenvalue weighted by Crippen LogP contribution is 2.18. The molecule has 2 aromatic rings. The summed E-state index contributed by atoms with van der Waals surface area (Å²) in [7, 11) is 0. The Bertz CT molecular complexity index is 671. The molecule has 0 aromatic heterocycles. The number of amides is 1. The molecule has 0 spiro atoms. The highest BCUT2D eigenvalue weighted by Gasteiger charge is 2.08. The first-order valence-electron chi connectivity index (χ1n) is 6.52. The minimum absolute atomic E-state index is 0.0360. The van der Waals surface area contributed by atoms with E-state index in [-0.39, 0.29) is 18.1 Å². The zero-order chi connectivity index (χ0) is 15.4. The van der Waals surface area contributed by atoms with Crippen LogP contribution < -0.4 is 10.6 Å². The van der Waals surface area contributed by atoms with Gasteiger partial charge in [0, 0.05) is 5.69 Å². The molecule has 0 saturated heterocycles. The summed E-state index contributed by atoms with van der Waals surface area (Å²) in [5.41, 5.74) is 2.72. The summed E-state index contributed by atoms with van der Waals surface area (Å²) in [6.07, 6.45) is 0. The van der Waals surface area contributed by atoms with E-state index in [1.165, 1.54) is 0 Å². The van der Waals surface area contributed by atoms with Crippen LogP contribution in [0.1, 0.15) is 11.1 Å². The van der Waals surface area contributed by atoms with Gasteiger partial charge in [0.15, 0.2) is 0 Å². The van der Waals surface area contributed by atoms with E-state index in [9.17, 15) is 13.6 Å². The van der Waals surface area contributed by atoms with E-state index in [4.69, 9.17) is 0 Å². The molecule has 0 aliphatic heterocycles. The largest absolute Gasteiger partial charge is 0.374 e. The SMILES string of the molecule is Cc1cccc(NC(=O)CNc2cc(F)ccc2F)c1C. The molecular weight excluding hydrogens is 274 g/mol. The van der Waals surface area contributed by atoms with Crippen LogP contribution in [0, 0.1) is 25.5 Å². The summed E-state index contributed by atoms with van der Waals surface area (Å²) in [4.78, 5) is 11.9. The Morgan fingerprint density at radius 2 is 1.86 bits per heavy atom. The van der Waals surface area contributed by atoms with Crippen LogP contribution >= 0.6 is 0 Å². The monoisotopic (exact) mass is 290 g/mol. The molecule has 0 bridgehead atoms. The summed E-state index contributed by atoms with van der Waals surface area (Å²) in [6, 6.07) is 8.64. The van der Waals surface area contributed by atoms with Crippen LogP contribution in [0.25, 0.3) is 0 Å². The van der Waals surface area contributed by atoms with Gasteiger partial charge in [-0.1, -0.05) is 12.1 Å². The third-order valence-electron chi connectivity index (χ3n) is 3.25. The van der Waals surface area contributed by atoms with E-state index >= 15 is 0 Å². The van der Waals surface area contributed by atoms with Crippen LogP contribution in [0.2, 0.25) is 0 Å². The summed E-state index contributed by atoms with van der Waals surface area (Å²) in [5.74, 6) is -1.49. The number of hydrogen-bond acceptors (Lipinski definition) is 2. The van der Waals surface area contributed by atoms with E-state index < -0.39 is 11.6 Å². The quantitative estimate of drug-likeness (QED) is 0.902. The van der Waals surface area contributed by atoms with Gasteiger partial charge in [-0.05, 0) is 49.2 Å². The van der Waals surface area contributed by atoms with Gasteiger partial charge in [-0.15, -0.1) is 0 Å². The molecular formula is C16H16F2N2O. The Hall–Kier alpha value is -2.43. The molecule has 2 aromatic carbocycles. The smallest absolute Gasteiger partial charge is 0.243 e. The van der Waals surface area contributed by atoms with E-state index in [1.54, 1.807) is 6.07 Å². The van der Waals surface area contributed by atoms with Gasteiger partial charge in [0.25, 0.3) is 0 Å². The molecule has 0 aliphatic rings. The van der Waals surface area contributed by atoms with Crippen molar-refractivity contribution < 1.29 is 13.6 Å². The lowest BCUT2D eigenvalue weighted by molar-refractivity contribution is -0.114. The zero-order valence-corrected chi connectivity index (χ0v) is 11.8. The molecule has 2 N–H and O–H groups in total. The molecule has 0 radical (unpaired) electrons. The standard InChI is InChI=1S/C16H16F2N2O/c1-10-4-3-5-14(11(10)2)20-16(21)9-19-15-8-12(17)6-7-13(15)18/h3-8,19H,9H2,1-2H3,(H,20,21). The molecule has 0 heterocycles. The number of anilines is 2. The molecule has 1 amide bonds. The van der Waals surface area contributed by atoms with Crippen molar-refractivity contribution in [2.45, 2.75) is 13.8 Å². The maximum atomic E-state index is 13.4. The molecule has 110 valence electrons. The average Bonchev–Trinajstić information content (AvgIpc) is 2.45. The van der Waals surface area contributed by atoms with E-state index in [0.717, 1.165) is 29.3 Å². The molecule has 0 saturated carbocycles. The molecule has 21 heavy (non-hydrogen) atoms. The Morgan fingerprint density at radius 1 is 1.10 bits per heavy atom. The molecule has 2 rings (SSSR count).